The number of rotatable bonds is 8. The number of hydrogen-bond donors (Lipinski definition) is 1. The fraction of sp³-hybridized carbons (Fsp3) is 0.533. The van der Waals surface area contributed by atoms with Crippen molar-refractivity contribution in [3.8, 4) is 5.75 Å². The van der Waals surface area contributed by atoms with Gasteiger partial charge in [-0.05, 0) is 38.8 Å². The molecule has 0 aliphatic carbocycles. The molecule has 0 amide bonds. The first-order valence-electron chi connectivity index (χ1n) is 6.54. The summed E-state index contributed by atoms with van der Waals surface area (Å²) in [6.07, 6.45) is 6.77. The van der Waals surface area contributed by atoms with E-state index in [1.807, 2.05) is 12.3 Å². The molecule has 18 heavy (non-hydrogen) atoms. The third kappa shape index (κ3) is 4.49. The van der Waals surface area contributed by atoms with E-state index < -0.39 is 0 Å². The number of methoxy groups -OCH3 is 1. The molecular formula is C15H24N2O. The highest BCUT2D eigenvalue weighted by molar-refractivity contribution is 5.32. The first kappa shape index (κ1) is 14.7. The Morgan fingerprint density at radius 1 is 1.56 bits per heavy atom. The Bertz CT molecular complexity index is 377. The zero-order valence-electron chi connectivity index (χ0n) is 11.7. The molecule has 1 atom stereocenters. The van der Waals surface area contributed by atoms with Crippen LogP contribution in [0, 0.1) is 0 Å². The van der Waals surface area contributed by atoms with Crippen molar-refractivity contribution in [1.82, 2.24) is 10.3 Å². The van der Waals surface area contributed by atoms with E-state index in [0.29, 0.717) is 6.04 Å². The van der Waals surface area contributed by atoms with Crippen molar-refractivity contribution in [2.24, 2.45) is 0 Å². The van der Waals surface area contributed by atoms with Crippen LogP contribution in [0.3, 0.4) is 0 Å². The Morgan fingerprint density at radius 2 is 2.33 bits per heavy atom. The number of allylic oxidation sites excluding steroid dienone is 1. The van der Waals surface area contributed by atoms with E-state index in [0.717, 1.165) is 31.6 Å². The molecule has 0 bridgehead atoms. The van der Waals surface area contributed by atoms with Gasteiger partial charge in [-0.15, -0.1) is 6.58 Å². The van der Waals surface area contributed by atoms with Crippen molar-refractivity contribution in [3.63, 3.8) is 0 Å². The Balaban J connectivity index is 2.82. The highest BCUT2D eigenvalue weighted by Crippen LogP contribution is 2.27. The van der Waals surface area contributed by atoms with E-state index >= 15 is 0 Å². The van der Waals surface area contributed by atoms with Crippen LogP contribution < -0.4 is 10.1 Å². The maximum atomic E-state index is 5.39. The Kier molecular flexibility index (Phi) is 6.44. The van der Waals surface area contributed by atoms with Crippen LogP contribution >= 0.6 is 0 Å². The molecule has 3 heteroatoms. The lowest BCUT2D eigenvalue weighted by Crippen LogP contribution is -2.22. The zero-order valence-corrected chi connectivity index (χ0v) is 11.7. The highest BCUT2D eigenvalue weighted by Gasteiger charge is 2.15. The molecule has 1 aromatic rings. The number of nitrogens with one attached hydrogen (secondary N) is 1. The fourth-order valence-corrected chi connectivity index (χ4v) is 1.93. The van der Waals surface area contributed by atoms with Gasteiger partial charge in [0.15, 0.2) is 0 Å². The molecule has 0 saturated heterocycles. The van der Waals surface area contributed by atoms with E-state index in [-0.39, 0.29) is 0 Å². The standard InChI is InChI=1S/C15H24N2O/c1-5-9-17-14(7-6-12(2)3)13-8-10-16-11-15(13)18-4/h8,10-11,14,17H,2,5-7,9H2,1,3-4H3. The van der Waals surface area contributed by atoms with Crippen LogP contribution in [0.15, 0.2) is 30.6 Å². The second-order valence-corrected chi connectivity index (χ2v) is 4.62. The van der Waals surface area contributed by atoms with Crippen molar-refractivity contribution < 1.29 is 4.74 Å². The molecule has 0 spiro atoms. The van der Waals surface area contributed by atoms with E-state index in [1.54, 1.807) is 13.3 Å². The number of pyridine rings is 1. The van der Waals surface area contributed by atoms with Gasteiger partial charge in [0.05, 0.1) is 13.3 Å². The van der Waals surface area contributed by atoms with Gasteiger partial charge in [-0.2, -0.15) is 0 Å². The summed E-state index contributed by atoms with van der Waals surface area (Å²) in [5.41, 5.74) is 2.40. The molecular weight excluding hydrogens is 224 g/mol. The molecule has 1 aromatic heterocycles. The minimum Gasteiger partial charge on any atom is -0.495 e. The number of nitrogens with zero attached hydrogens (tertiary/aromatic N) is 1. The third-order valence-electron chi connectivity index (χ3n) is 2.91. The van der Waals surface area contributed by atoms with Crippen LogP contribution in [0.1, 0.15) is 44.7 Å². The zero-order chi connectivity index (χ0) is 13.4. The van der Waals surface area contributed by atoms with Crippen LogP contribution in [0.2, 0.25) is 0 Å². The topological polar surface area (TPSA) is 34.2 Å². The molecule has 1 unspecified atom stereocenters. The van der Waals surface area contributed by atoms with Crippen molar-refractivity contribution in [1.29, 1.82) is 0 Å². The largest absolute Gasteiger partial charge is 0.495 e. The van der Waals surface area contributed by atoms with Gasteiger partial charge in [-0.1, -0.05) is 12.5 Å². The van der Waals surface area contributed by atoms with Crippen LogP contribution in [-0.2, 0) is 0 Å². The van der Waals surface area contributed by atoms with Crippen molar-refractivity contribution in [2.45, 2.75) is 39.2 Å². The minimum absolute atomic E-state index is 0.305. The van der Waals surface area contributed by atoms with Crippen molar-refractivity contribution in [3.05, 3.63) is 36.2 Å². The van der Waals surface area contributed by atoms with Crippen molar-refractivity contribution in [2.75, 3.05) is 13.7 Å². The summed E-state index contributed by atoms with van der Waals surface area (Å²) in [5, 5.41) is 3.57. The predicted octanol–water partition coefficient (Wildman–Crippen LogP) is 3.49. The molecule has 100 valence electrons. The quantitative estimate of drug-likeness (QED) is 0.715. The molecule has 1 rings (SSSR count). The highest BCUT2D eigenvalue weighted by atomic mass is 16.5. The van der Waals surface area contributed by atoms with E-state index in [2.05, 4.69) is 30.7 Å². The molecule has 0 saturated carbocycles. The van der Waals surface area contributed by atoms with Gasteiger partial charge in [0.2, 0.25) is 0 Å². The van der Waals surface area contributed by atoms with Gasteiger partial charge >= 0.3 is 0 Å². The Morgan fingerprint density at radius 3 is 2.94 bits per heavy atom. The van der Waals surface area contributed by atoms with Crippen LogP contribution in [0.4, 0.5) is 0 Å². The maximum Gasteiger partial charge on any atom is 0.141 e. The maximum absolute atomic E-state index is 5.39. The molecule has 0 fully saturated rings. The number of hydrogen-bond acceptors (Lipinski definition) is 3. The summed E-state index contributed by atoms with van der Waals surface area (Å²) in [6.45, 7) is 9.22. The second-order valence-electron chi connectivity index (χ2n) is 4.62. The summed E-state index contributed by atoms with van der Waals surface area (Å²) in [6, 6.07) is 2.34. The first-order valence-corrected chi connectivity index (χ1v) is 6.54. The third-order valence-corrected chi connectivity index (χ3v) is 2.91. The van der Waals surface area contributed by atoms with Crippen LogP contribution in [0.25, 0.3) is 0 Å². The first-order chi connectivity index (χ1) is 8.69. The average Bonchev–Trinajstić information content (AvgIpc) is 2.38. The van der Waals surface area contributed by atoms with Crippen LogP contribution in [-0.4, -0.2) is 18.6 Å². The monoisotopic (exact) mass is 248 g/mol. The average molecular weight is 248 g/mol. The van der Waals surface area contributed by atoms with Gasteiger partial charge in [0.25, 0.3) is 0 Å². The Labute approximate surface area is 110 Å². The fourth-order valence-electron chi connectivity index (χ4n) is 1.93. The molecule has 0 aliphatic rings. The normalized spacial score (nSPS) is 12.2. The summed E-state index contributed by atoms with van der Waals surface area (Å²) in [4.78, 5) is 4.10. The van der Waals surface area contributed by atoms with Crippen molar-refractivity contribution >= 4 is 0 Å². The lowest BCUT2D eigenvalue weighted by molar-refractivity contribution is 0.392. The molecule has 1 N–H and O–H groups in total. The summed E-state index contributed by atoms with van der Waals surface area (Å²) >= 11 is 0. The molecule has 0 radical (unpaired) electrons. The van der Waals surface area contributed by atoms with E-state index in [9.17, 15) is 0 Å². The number of aromatic nitrogens is 1. The summed E-state index contributed by atoms with van der Waals surface area (Å²) < 4.78 is 5.39. The molecule has 3 nitrogen and oxygen atoms in total. The van der Waals surface area contributed by atoms with Gasteiger partial charge < -0.3 is 10.1 Å². The predicted molar refractivity (Wildman–Crippen MR) is 75.9 cm³/mol. The smallest absolute Gasteiger partial charge is 0.141 e. The molecule has 0 aromatic carbocycles. The van der Waals surface area contributed by atoms with E-state index in [4.69, 9.17) is 4.74 Å². The van der Waals surface area contributed by atoms with E-state index in [1.165, 1.54) is 11.1 Å². The van der Waals surface area contributed by atoms with Crippen LogP contribution in [0.5, 0.6) is 5.75 Å². The molecule has 0 aliphatic heterocycles. The minimum atomic E-state index is 0.305. The lowest BCUT2D eigenvalue weighted by Gasteiger charge is -2.21. The van der Waals surface area contributed by atoms with Gasteiger partial charge in [0, 0.05) is 17.8 Å². The SMILES string of the molecule is C=C(C)CCC(NCCC)c1ccncc1OC. The van der Waals surface area contributed by atoms with Gasteiger partial charge in [-0.3, -0.25) is 4.98 Å². The second kappa shape index (κ2) is 7.88. The Hall–Kier alpha value is -1.35. The summed E-state index contributed by atoms with van der Waals surface area (Å²) in [7, 11) is 1.69. The molecule has 1 heterocycles. The number of ether oxygens (including phenoxy) is 1. The van der Waals surface area contributed by atoms with Gasteiger partial charge in [-0.25, -0.2) is 0 Å². The van der Waals surface area contributed by atoms with Gasteiger partial charge in [0.1, 0.15) is 5.75 Å². The lowest BCUT2D eigenvalue weighted by atomic mass is 10.00. The summed E-state index contributed by atoms with van der Waals surface area (Å²) in [5.74, 6) is 0.854.